The molecule has 6 nitrogen and oxygen atoms in total. The number of nitrogens with zero attached hydrogens (tertiary/aromatic N) is 4. The van der Waals surface area contributed by atoms with Crippen molar-refractivity contribution in [1.29, 1.82) is 0 Å². The highest BCUT2D eigenvalue weighted by atomic mass is 16.2. The van der Waals surface area contributed by atoms with Gasteiger partial charge in [-0.05, 0) is 44.6 Å². The molecular weight excluding hydrogens is 290 g/mol. The second-order valence-corrected chi connectivity index (χ2v) is 6.53. The third-order valence-corrected chi connectivity index (χ3v) is 4.94. The van der Waals surface area contributed by atoms with E-state index in [1.165, 1.54) is 6.42 Å². The fraction of sp³-hybridized carbons (Fsp3) is 0.706. The monoisotopic (exact) mass is 317 g/mol. The molecule has 0 aliphatic carbocycles. The lowest BCUT2D eigenvalue weighted by Crippen LogP contribution is -2.55. The number of anilines is 1. The summed E-state index contributed by atoms with van der Waals surface area (Å²) in [5.74, 6) is 0.760. The number of rotatable bonds is 3. The van der Waals surface area contributed by atoms with Gasteiger partial charge in [-0.2, -0.15) is 0 Å². The lowest BCUT2D eigenvalue weighted by atomic mass is 10.0. The van der Waals surface area contributed by atoms with Crippen LogP contribution in [0.5, 0.6) is 0 Å². The van der Waals surface area contributed by atoms with E-state index in [1.54, 1.807) is 12.4 Å². The number of hydrogen-bond donors (Lipinski definition) is 1. The summed E-state index contributed by atoms with van der Waals surface area (Å²) in [5, 5.41) is 3.24. The predicted octanol–water partition coefficient (Wildman–Crippen LogP) is 2.42. The van der Waals surface area contributed by atoms with Gasteiger partial charge in [0.15, 0.2) is 0 Å². The van der Waals surface area contributed by atoms with Gasteiger partial charge in [-0.1, -0.05) is 6.92 Å². The Morgan fingerprint density at radius 2 is 2.04 bits per heavy atom. The molecule has 2 aliphatic rings. The van der Waals surface area contributed by atoms with Crippen LogP contribution < -0.4 is 10.2 Å². The number of piperidine rings is 2. The zero-order chi connectivity index (χ0) is 16.1. The molecule has 2 fully saturated rings. The summed E-state index contributed by atoms with van der Waals surface area (Å²) in [5.41, 5.74) is 0. The van der Waals surface area contributed by atoms with Gasteiger partial charge in [0.1, 0.15) is 0 Å². The lowest BCUT2D eigenvalue weighted by Gasteiger charge is -2.38. The van der Waals surface area contributed by atoms with Crippen molar-refractivity contribution in [2.75, 3.05) is 24.5 Å². The first-order valence-corrected chi connectivity index (χ1v) is 8.87. The normalized spacial score (nSPS) is 25.3. The Kier molecular flexibility index (Phi) is 5.31. The largest absolute Gasteiger partial charge is 0.339 e. The number of aromatic nitrogens is 2. The average molecular weight is 317 g/mol. The molecule has 2 amide bonds. The van der Waals surface area contributed by atoms with Crippen LogP contribution in [0, 0.1) is 0 Å². The van der Waals surface area contributed by atoms with Crippen LogP contribution in [-0.2, 0) is 0 Å². The zero-order valence-electron chi connectivity index (χ0n) is 13.9. The Balaban J connectivity index is 1.58. The van der Waals surface area contributed by atoms with Gasteiger partial charge in [-0.15, -0.1) is 0 Å². The van der Waals surface area contributed by atoms with E-state index in [0.29, 0.717) is 6.04 Å². The number of hydrogen-bond acceptors (Lipinski definition) is 4. The fourth-order valence-electron chi connectivity index (χ4n) is 3.68. The molecule has 2 unspecified atom stereocenters. The topological polar surface area (TPSA) is 61.4 Å². The van der Waals surface area contributed by atoms with Crippen LogP contribution in [0.3, 0.4) is 0 Å². The molecule has 3 heterocycles. The average Bonchev–Trinajstić information content (AvgIpc) is 2.62. The Hall–Kier alpha value is -1.85. The fourth-order valence-corrected chi connectivity index (χ4v) is 3.68. The highest BCUT2D eigenvalue weighted by molar-refractivity contribution is 5.75. The van der Waals surface area contributed by atoms with E-state index in [0.717, 1.165) is 57.7 Å². The van der Waals surface area contributed by atoms with Crippen LogP contribution in [0.25, 0.3) is 0 Å². The number of nitrogens with one attached hydrogen (secondary N) is 1. The quantitative estimate of drug-likeness (QED) is 0.930. The van der Waals surface area contributed by atoms with Gasteiger partial charge in [-0.25, -0.2) is 14.8 Å². The van der Waals surface area contributed by atoms with Crippen LogP contribution in [0.1, 0.15) is 45.4 Å². The van der Waals surface area contributed by atoms with E-state index in [9.17, 15) is 4.79 Å². The molecule has 0 saturated carbocycles. The summed E-state index contributed by atoms with van der Waals surface area (Å²) in [7, 11) is 0. The summed E-state index contributed by atoms with van der Waals surface area (Å²) in [6.45, 7) is 4.81. The van der Waals surface area contributed by atoms with Crippen LogP contribution in [0.4, 0.5) is 10.7 Å². The maximum absolute atomic E-state index is 12.6. The van der Waals surface area contributed by atoms with Gasteiger partial charge in [0.25, 0.3) is 0 Å². The Labute approximate surface area is 138 Å². The molecule has 2 saturated heterocycles. The molecule has 3 rings (SSSR count). The number of likely N-dealkylation sites (tertiary alicyclic amines) is 1. The lowest BCUT2D eigenvalue weighted by molar-refractivity contribution is 0.145. The van der Waals surface area contributed by atoms with Crippen molar-refractivity contribution in [1.82, 2.24) is 20.2 Å². The van der Waals surface area contributed by atoms with E-state index in [1.807, 2.05) is 11.0 Å². The van der Waals surface area contributed by atoms with Crippen molar-refractivity contribution < 1.29 is 4.79 Å². The van der Waals surface area contributed by atoms with Gasteiger partial charge < -0.3 is 15.1 Å². The van der Waals surface area contributed by atoms with Crippen LogP contribution in [0.15, 0.2) is 18.5 Å². The van der Waals surface area contributed by atoms with Gasteiger partial charge in [0, 0.05) is 44.1 Å². The Bertz CT molecular complexity index is 509. The summed E-state index contributed by atoms with van der Waals surface area (Å²) in [6.07, 6.45) is 10.2. The van der Waals surface area contributed by atoms with Crippen molar-refractivity contribution in [3.05, 3.63) is 18.5 Å². The van der Waals surface area contributed by atoms with E-state index in [4.69, 9.17) is 0 Å². The van der Waals surface area contributed by atoms with Crippen LogP contribution >= 0.6 is 0 Å². The van der Waals surface area contributed by atoms with Crippen molar-refractivity contribution in [2.45, 2.75) is 57.5 Å². The number of amides is 2. The molecule has 1 aromatic rings. The first-order chi connectivity index (χ1) is 11.3. The third kappa shape index (κ3) is 3.92. The van der Waals surface area contributed by atoms with Crippen molar-refractivity contribution in [3.8, 4) is 0 Å². The number of urea groups is 1. The Morgan fingerprint density at radius 1 is 1.22 bits per heavy atom. The minimum absolute atomic E-state index is 0.109. The smallest absolute Gasteiger partial charge is 0.317 e. The summed E-state index contributed by atoms with van der Waals surface area (Å²) in [6, 6.07) is 2.52. The highest BCUT2D eigenvalue weighted by Gasteiger charge is 2.28. The van der Waals surface area contributed by atoms with Crippen molar-refractivity contribution in [2.24, 2.45) is 0 Å². The minimum Gasteiger partial charge on any atom is -0.339 e. The molecule has 126 valence electrons. The minimum atomic E-state index is 0.109. The van der Waals surface area contributed by atoms with Crippen LogP contribution in [-0.4, -0.2) is 52.6 Å². The summed E-state index contributed by atoms with van der Waals surface area (Å²) in [4.78, 5) is 25.5. The molecule has 23 heavy (non-hydrogen) atoms. The van der Waals surface area contributed by atoms with Crippen LogP contribution in [0.2, 0.25) is 0 Å². The van der Waals surface area contributed by atoms with Crippen molar-refractivity contribution in [3.63, 3.8) is 0 Å². The van der Waals surface area contributed by atoms with Gasteiger partial charge in [-0.3, -0.25) is 0 Å². The standard InChI is InChI=1S/C17H27N5O/c1-2-15-8-3-4-12-22(15)17(23)20-14-7-5-11-21(13-14)16-18-9-6-10-19-16/h6,9-10,14-15H,2-5,7-8,11-13H2,1H3,(H,20,23). The first-order valence-electron chi connectivity index (χ1n) is 8.87. The van der Waals surface area contributed by atoms with Gasteiger partial charge in [0.2, 0.25) is 5.95 Å². The first kappa shape index (κ1) is 16.0. The van der Waals surface area contributed by atoms with E-state index >= 15 is 0 Å². The molecule has 2 aliphatic heterocycles. The molecule has 0 aromatic carbocycles. The molecule has 0 spiro atoms. The van der Waals surface area contributed by atoms with E-state index in [2.05, 4.69) is 27.1 Å². The van der Waals surface area contributed by atoms with Gasteiger partial charge >= 0.3 is 6.03 Å². The van der Waals surface area contributed by atoms with Crippen molar-refractivity contribution >= 4 is 12.0 Å². The second-order valence-electron chi connectivity index (χ2n) is 6.53. The second kappa shape index (κ2) is 7.62. The maximum atomic E-state index is 12.6. The SMILES string of the molecule is CCC1CCCCN1C(=O)NC1CCCN(c2ncccn2)C1. The van der Waals surface area contributed by atoms with E-state index < -0.39 is 0 Å². The predicted molar refractivity (Wildman–Crippen MR) is 90.4 cm³/mol. The molecule has 1 N–H and O–H groups in total. The molecule has 0 radical (unpaired) electrons. The summed E-state index contributed by atoms with van der Waals surface area (Å²) >= 11 is 0. The zero-order valence-corrected chi connectivity index (χ0v) is 13.9. The molecule has 6 heteroatoms. The van der Waals surface area contributed by atoms with Gasteiger partial charge in [0.05, 0.1) is 0 Å². The number of carbonyl (C=O) groups excluding carboxylic acids is 1. The molecule has 2 atom stereocenters. The highest BCUT2D eigenvalue weighted by Crippen LogP contribution is 2.20. The summed E-state index contributed by atoms with van der Waals surface area (Å²) < 4.78 is 0. The number of carbonyl (C=O) groups is 1. The maximum Gasteiger partial charge on any atom is 0.317 e. The third-order valence-electron chi connectivity index (χ3n) is 4.94. The molecule has 1 aromatic heterocycles. The molecule has 0 bridgehead atoms. The Morgan fingerprint density at radius 3 is 2.83 bits per heavy atom. The van der Waals surface area contributed by atoms with E-state index in [-0.39, 0.29) is 12.1 Å². The molecular formula is C17H27N5O.